The normalized spacial score (nSPS) is 17.8. The van der Waals surface area contributed by atoms with E-state index in [2.05, 4.69) is 58.5 Å². The number of benzene rings is 1. The van der Waals surface area contributed by atoms with E-state index in [1.807, 2.05) is 0 Å². The van der Waals surface area contributed by atoms with Gasteiger partial charge in [0.15, 0.2) is 0 Å². The molecule has 4 rings (SSSR count). The molecule has 2 aliphatic rings. The third kappa shape index (κ3) is 3.51. The van der Waals surface area contributed by atoms with Crippen LogP contribution in [0.5, 0.6) is 5.75 Å². The van der Waals surface area contributed by atoms with Crippen LogP contribution in [0.2, 0.25) is 5.02 Å². The third-order valence-electron chi connectivity index (χ3n) is 5.80. The first-order valence-corrected chi connectivity index (χ1v) is 11.2. The van der Waals surface area contributed by atoms with Crippen LogP contribution in [-0.4, -0.2) is 28.8 Å². The summed E-state index contributed by atoms with van der Waals surface area (Å²) in [5, 5.41) is 3.02. The number of ether oxygens (including phenoxy) is 1. The first-order valence-electron chi connectivity index (χ1n) is 9.98. The van der Waals surface area contributed by atoms with Crippen molar-refractivity contribution in [1.29, 1.82) is 0 Å². The topological polar surface area (TPSA) is 26.6 Å². The van der Waals surface area contributed by atoms with Gasteiger partial charge in [-0.05, 0) is 85.6 Å². The second-order valence-corrected chi connectivity index (χ2v) is 9.87. The zero-order chi connectivity index (χ0) is 20.1. The zero-order valence-corrected chi connectivity index (χ0v) is 19.4. The van der Waals surface area contributed by atoms with Crippen molar-refractivity contribution in [3.05, 3.63) is 38.4 Å². The molecule has 0 fully saturated rings. The van der Waals surface area contributed by atoms with Crippen LogP contribution in [0.4, 0.5) is 0 Å². The fraction of sp³-hybridized carbons (Fsp3) is 0.545. The van der Waals surface area contributed by atoms with E-state index in [1.54, 1.807) is 7.11 Å². The van der Waals surface area contributed by atoms with Crippen molar-refractivity contribution in [3.63, 3.8) is 0 Å². The molecule has 0 spiro atoms. The molecule has 0 unspecified atom stereocenters. The molecule has 152 valence electrons. The number of aromatic nitrogens is 1. The molecule has 0 N–H and O–H groups in total. The largest absolute Gasteiger partial charge is 0.496 e. The average Bonchev–Trinajstić information content (AvgIpc) is 2.96. The van der Waals surface area contributed by atoms with Gasteiger partial charge in [-0.3, -0.25) is 4.84 Å². The zero-order valence-electron chi connectivity index (χ0n) is 17.1. The number of halogens is 2. The number of aryl methyl sites for hydroxylation is 1. The highest BCUT2D eigenvalue weighted by Gasteiger charge is 2.30. The van der Waals surface area contributed by atoms with Gasteiger partial charge in [-0.25, -0.2) is 0 Å². The lowest BCUT2D eigenvalue weighted by molar-refractivity contribution is -0.220. The van der Waals surface area contributed by atoms with Crippen LogP contribution in [0.1, 0.15) is 50.4 Å². The molecule has 0 radical (unpaired) electrons. The first kappa shape index (κ1) is 20.3. The number of hydroxylamine groups is 2. The Morgan fingerprint density at radius 3 is 2.64 bits per heavy atom. The predicted molar refractivity (Wildman–Crippen MR) is 117 cm³/mol. The molecular formula is C22H28BrClN2O2. The molecule has 2 aromatic rings. The SMILES string of the molecule is COc1cc2c(cc1Br)-c1c(Cl)c3c(n1CC2)CON(C(C)(C)C)CCCC3. The van der Waals surface area contributed by atoms with Crippen molar-refractivity contribution in [2.75, 3.05) is 13.7 Å². The first-order chi connectivity index (χ1) is 13.3. The molecule has 4 nitrogen and oxygen atoms in total. The van der Waals surface area contributed by atoms with E-state index in [9.17, 15) is 0 Å². The summed E-state index contributed by atoms with van der Waals surface area (Å²) in [4.78, 5) is 6.31. The van der Waals surface area contributed by atoms with Crippen molar-refractivity contribution in [3.8, 4) is 17.0 Å². The van der Waals surface area contributed by atoms with E-state index in [4.69, 9.17) is 21.2 Å². The van der Waals surface area contributed by atoms with Crippen LogP contribution in [0.25, 0.3) is 11.3 Å². The number of rotatable bonds is 1. The van der Waals surface area contributed by atoms with Gasteiger partial charge < -0.3 is 9.30 Å². The van der Waals surface area contributed by atoms with Crippen molar-refractivity contribution in [2.24, 2.45) is 0 Å². The Labute approximate surface area is 180 Å². The number of nitrogens with zero attached hydrogens (tertiary/aromatic N) is 2. The molecular weight excluding hydrogens is 440 g/mol. The van der Waals surface area contributed by atoms with Crippen molar-refractivity contribution < 1.29 is 9.57 Å². The Morgan fingerprint density at radius 1 is 1.14 bits per heavy atom. The Kier molecular flexibility index (Phi) is 5.56. The molecule has 3 heterocycles. The summed E-state index contributed by atoms with van der Waals surface area (Å²) in [5.74, 6) is 0.869. The summed E-state index contributed by atoms with van der Waals surface area (Å²) < 4.78 is 8.83. The van der Waals surface area contributed by atoms with Gasteiger partial charge in [-0.2, -0.15) is 5.06 Å². The Bertz CT molecular complexity index is 901. The second kappa shape index (κ2) is 7.67. The van der Waals surface area contributed by atoms with Gasteiger partial charge in [0.05, 0.1) is 28.0 Å². The maximum absolute atomic E-state index is 6.98. The van der Waals surface area contributed by atoms with Gasteiger partial charge in [0, 0.05) is 24.2 Å². The van der Waals surface area contributed by atoms with E-state index in [0.29, 0.717) is 6.61 Å². The van der Waals surface area contributed by atoms with Crippen LogP contribution < -0.4 is 4.74 Å². The van der Waals surface area contributed by atoms with Crippen LogP contribution in [-0.2, 0) is 30.8 Å². The number of fused-ring (bicyclic) bond motifs is 5. The standard InChI is InChI=1S/C22H28BrClN2O2/c1-22(2,3)26-9-6-5-7-15-18(13-28-26)25-10-8-14-11-19(27-4)17(23)12-16(14)21(25)20(15)24/h11-12H,5-10,13H2,1-4H3. The van der Waals surface area contributed by atoms with Gasteiger partial charge in [-0.15, -0.1) is 0 Å². The minimum atomic E-state index is -0.0142. The molecule has 1 aromatic heterocycles. The number of methoxy groups -OCH3 is 1. The van der Waals surface area contributed by atoms with Gasteiger partial charge in [0.2, 0.25) is 0 Å². The van der Waals surface area contributed by atoms with Gasteiger partial charge in [-0.1, -0.05) is 11.6 Å². The lowest BCUT2D eigenvalue weighted by atomic mass is 9.98. The smallest absolute Gasteiger partial charge is 0.133 e. The second-order valence-electron chi connectivity index (χ2n) is 8.64. The maximum atomic E-state index is 6.98. The Balaban J connectivity index is 1.79. The van der Waals surface area contributed by atoms with Crippen molar-refractivity contribution in [2.45, 2.75) is 65.1 Å². The summed E-state index contributed by atoms with van der Waals surface area (Å²) in [7, 11) is 1.71. The highest BCUT2D eigenvalue weighted by Crippen LogP contribution is 2.44. The highest BCUT2D eigenvalue weighted by atomic mass is 79.9. The minimum absolute atomic E-state index is 0.0142. The fourth-order valence-corrected chi connectivity index (χ4v) is 5.23. The fourth-order valence-electron chi connectivity index (χ4n) is 4.32. The van der Waals surface area contributed by atoms with Gasteiger partial charge >= 0.3 is 0 Å². The molecule has 0 bridgehead atoms. The summed E-state index contributed by atoms with van der Waals surface area (Å²) in [6.07, 6.45) is 4.19. The highest BCUT2D eigenvalue weighted by molar-refractivity contribution is 9.10. The van der Waals surface area contributed by atoms with E-state index in [1.165, 1.54) is 22.4 Å². The van der Waals surface area contributed by atoms with Gasteiger partial charge in [0.1, 0.15) is 12.4 Å². The van der Waals surface area contributed by atoms with E-state index in [-0.39, 0.29) is 5.54 Å². The summed E-state index contributed by atoms with van der Waals surface area (Å²) in [5.41, 5.74) is 6.08. The summed E-state index contributed by atoms with van der Waals surface area (Å²) in [6, 6.07) is 4.28. The molecule has 28 heavy (non-hydrogen) atoms. The van der Waals surface area contributed by atoms with E-state index in [0.717, 1.165) is 59.7 Å². The van der Waals surface area contributed by atoms with Crippen LogP contribution in [0.15, 0.2) is 16.6 Å². The molecule has 6 heteroatoms. The third-order valence-corrected chi connectivity index (χ3v) is 6.82. The number of hydrogen-bond donors (Lipinski definition) is 0. The summed E-state index contributed by atoms with van der Waals surface area (Å²) >= 11 is 10.6. The lowest BCUT2D eigenvalue weighted by Crippen LogP contribution is -2.41. The molecule has 0 saturated carbocycles. The average molecular weight is 468 g/mol. The van der Waals surface area contributed by atoms with E-state index < -0.39 is 0 Å². The van der Waals surface area contributed by atoms with Gasteiger partial charge in [0.25, 0.3) is 0 Å². The van der Waals surface area contributed by atoms with E-state index >= 15 is 0 Å². The van der Waals surface area contributed by atoms with Crippen LogP contribution in [0, 0.1) is 0 Å². The minimum Gasteiger partial charge on any atom is -0.496 e. The number of hydrogen-bond acceptors (Lipinski definition) is 3. The molecule has 1 aromatic carbocycles. The Morgan fingerprint density at radius 2 is 1.93 bits per heavy atom. The monoisotopic (exact) mass is 466 g/mol. The molecule has 0 saturated heterocycles. The Hall–Kier alpha value is -1.01. The van der Waals surface area contributed by atoms with Crippen molar-refractivity contribution in [1.82, 2.24) is 9.63 Å². The lowest BCUT2D eigenvalue weighted by Gasteiger charge is -2.34. The molecule has 2 aliphatic heterocycles. The van der Waals surface area contributed by atoms with Crippen LogP contribution >= 0.6 is 27.5 Å². The predicted octanol–water partition coefficient (Wildman–Crippen LogP) is 6.00. The molecule has 0 atom stereocenters. The summed E-state index contributed by atoms with van der Waals surface area (Å²) in [6.45, 7) is 9.04. The maximum Gasteiger partial charge on any atom is 0.133 e. The molecule has 0 amide bonds. The van der Waals surface area contributed by atoms with Crippen LogP contribution in [0.3, 0.4) is 0 Å². The quantitative estimate of drug-likeness (QED) is 0.514. The van der Waals surface area contributed by atoms with Crippen molar-refractivity contribution >= 4 is 27.5 Å². The molecule has 0 aliphatic carbocycles.